The molecule has 0 nitrogen and oxygen atoms in total. The average molecular weight is 449 g/mol. The Balaban J connectivity index is 0. The molecule has 0 radical (unpaired) electrons. The summed E-state index contributed by atoms with van der Waals surface area (Å²) >= 11 is 0. The Bertz CT molecular complexity index is 13.0. The summed E-state index contributed by atoms with van der Waals surface area (Å²) in [5, 5.41) is 0. The maximum atomic E-state index is 0. The van der Waals surface area contributed by atoms with Crippen LogP contribution in [0.15, 0.2) is 0 Å². The van der Waals surface area contributed by atoms with Gasteiger partial charge >= 0.3 is 51.4 Å². The summed E-state index contributed by atoms with van der Waals surface area (Å²) in [6, 6.07) is 0. The molecule has 0 aromatic carbocycles. The summed E-state index contributed by atoms with van der Waals surface area (Å²) in [7, 11) is 0. The van der Waals surface area contributed by atoms with E-state index >= 15 is 0 Å². The van der Waals surface area contributed by atoms with Crippen LogP contribution in [0.5, 0.6) is 0 Å². The quantitative estimate of drug-likeness (QED) is 0.444. The predicted molar refractivity (Wildman–Crippen MR) is 44.6 cm³/mol. The van der Waals surface area contributed by atoms with Gasteiger partial charge in [0.1, 0.15) is 0 Å². The second-order valence-corrected chi connectivity index (χ2v) is 0. The molecule has 0 amide bonds. The Kier molecular flexibility index (Phi) is 776. The molecule has 0 aliphatic rings. The van der Waals surface area contributed by atoms with E-state index in [9.17, 15) is 0 Å². The molecule has 0 atom stereocenters. The van der Waals surface area contributed by atoms with E-state index in [1.165, 1.54) is 0 Å². The van der Waals surface area contributed by atoms with Gasteiger partial charge < -0.3 is 1.43 Å². The molecule has 0 rings (SSSR count). The molecule has 0 fully saturated rings. The van der Waals surface area contributed by atoms with Crippen LogP contribution in [0, 0.1) is 0 Å². The van der Waals surface area contributed by atoms with Crippen molar-refractivity contribution in [2.24, 2.45) is 0 Å². The van der Waals surface area contributed by atoms with Gasteiger partial charge in [0.05, 0.1) is 0 Å². The van der Waals surface area contributed by atoms with Crippen molar-refractivity contribution in [3.05, 3.63) is 0 Å². The summed E-state index contributed by atoms with van der Waals surface area (Å²) < 4.78 is 0. The van der Waals surface area contributed by atoms with Gasteiger partial charge in [-0.2, -0.15) is 0 Å². The predicted octanol–water partition coefficient (Wildman–Crippen LogP) is -0.355. The van der Waals surface area contributed by atoms with Gasteiger partial charge in [-0.15, -0.1) is 74.4 Å². The molecule has 0 saturated carbocycles. The van der Waals surface area contributed by atoms with Crippen molar-refractivity contribution in [2.45, 2.75) is 0 Å². The van der Waals surface area contributed by atoms with Crippen molar-refractivity contribution in [3.63, 3.8) is 0 Å². The zero-order chi connectivity index (χ0) is 0. The first-order valence-corrected chi connectivity index (χ1v) is 0. The largest absolute Gasteiger partial charge is 1.00 e. The molecule has 0 spiro atoms. The third-order valence-electron chi connectivity index (χ3n) is 0. The van der Waals surface area contributed by atoms with Crippen LogP contribution in [0.25, 0.3) is 0 Å². The standard InChI is InChI=1S/6ClH.K.Os.H/h6*1H;;;/q;;;;;;+1;;-1. The van der Waals surface area contributed by atoms with Crippen LogP contribution in [0.2, 0.25) is 0 Å². The fourth-order valence-corrected chi connectivity index (χ4v) is 0. The minimum atomic E-state index is 0. The molecule has 0 aromatic heterocycles. The molecule has 8 heteroatoms. The Hall–Kier alpha value is 4.01. The van der Waals surface area contributed by atoms with Crippen LogP contribution in [-0.2, 0) is 19.8 Å². The summed E-state index contributed by atoms with van der Waals surface area (Å²) in [4.78, 5) is 0. The summed E-state index contributed by atoms with van der Waals surface area (Å²) in [6.07, 6.45) is 0. The molecule has 0 N–H and O–H groups in total. The monoisotopic (exact) mass is 448 g/mol. The molecule has 0 aliphatic carbocycles. The molecule has 0 heterocycles. The fraction of sp³-hybridized carbons (Fsp3) is 0. The smallest absolute Gasteiger partial charge is 1.00 e. The van der Waals surface area contributed by atoms with Crippen LogP contribution in [0.3, 0.4) is 0 Å². The SMILES string of the molecule is Cl.Cl.Cl.Cl.Cl.Cl.[H-].[K+].[Os]. The molecule has 0 aliphatic heterocycles. The van der Waals surface area contributed by atoms with Crippen LogP contribution in [0.4, 0.5) is 0 Å². The maximum absolute atomic E-state index is 0. The van der Waals surface area contributed by atoms with Crippen molar-refractivity contribution >= 4 is 74.4 Å². The first-order chi connectivity index (χ1) is 0. The molecule has 8 heavy (non-hydrogen) atoms. The molecular formula is H7Cl6KOs. The van der Waals surface area contributed by atoms with Crippen molar-refractivity contribution in [3.8, 4) is 0 Å². The van der Waals surface area contributed by atoms with Gasteiger partial charge in [-0.3, -0.25) is 0 Å². The van der Waals surface area contributed by atoms with Gasteiger partial charge in [0.2, 0.25) is 0 Å². The summed E-state index contributed by atoms with van der Waals surface area (Å²) in [5.74, 6) is 0. The first kappa shape index (κ1) is 90.5. The van der Waals surface area contributed by atoms with Gasteiger partial charge in [0.25, 0.3) is 0 Å². The van der Waals surface area contributed by atoms with E-state index in [1.54, 1.807) is 0 Å². The Morgan fingerprint density at radius 1 is 0.500 bits per heavy atom. The second kappa shape index (κ2) is 68.6. The topological polar surface area (TPSA) is 0 Å². The Labute approximate surface area is 144 Å². The van der Waals surface area contributed by atoms with Crippen LogP contribution < -0.4 is 51.4 Å². The van der Waals surface area contributed by atoms with E-state index in [4.69, 9.17) is 0 Å². The van der Waals surface area contributed by atoms with Crippen molar-refractivity contribution in [1.82, 2.24) is 0 Å². The molecular weight excluding hydrogens is 442 g/mol. The average Bonchev–Trinajstić information content (AvgIpc) is 0. The van der Waals surface area contributed by atoms with Gasteiger partial charge in [-0.1, -0.05) is 0 Å². The van der Waals surface area contributed by atoms with Crippen molar-refractivity contribution in [2.75, 3.05) is 0 Å². The van der Waals surface area contributed by atoms with Crippen molar-refractivity contribution < 1.29 is 72.6 Å². The fourth-order valence-electron chi connectivity index (χ4n) is 0. The molecule has 0 aromatic rings. The van der Waals surface area contributed by atoms with E-state index in [0.717, 1.165) is 0 Å². The van der Waals surface area contributed by atoms with Gasteiger partial charge in [0.15, 0.2) is 0 Å². The number of rotatable bonds is 0. The number of hydrogen-bond donors (Lipinski definition) is 0. The number of halogens is 6. The normalized spacial score (nSPS) is 0. The molecule has 0 bridgehead atoms. The van der Waals surface area contributed by atoms with Gasteiger partial charge in [-0.05, 0) is 0 Å². The van der Waals surface area contributed by atoms with E-state index in [0.29, 0.717) is 0 Å². The minimum Gasteiger partial charge on any atom is -1.00 e. The Morgan fingerprint density at radius 3 is 0.500 bits per heavy atom. The maximum Gasteiger partial charge on any atom is 1.00 e. The third-order valence-corrected chi connectivity index (χ3v) is 0. The number of hydrogen-bond acceptors (Lipinski definition) is 0. The Morgan fingerprint density at radius 2 is 0.500 bits per heavy atom. The van der Waals surface area contributed by atoms with E-state index in [1.807, 2.05) is 0 Å². The summed E-state index contributed by atoms with van der Waals surface area (Å²) in [5.41, 5.74) is 0. The zero-order valence-electron chi connectivity index (χ0n) is 4.80. The second-order valence-electron chi connectivity index (χ2n) is 0. The summed E-state index contributed by atoms with van der Waals surface area (Å²) in [6.45, 7) is 0. The van der Waals surface area contributed by atoms with E-state index in [-0.39, 0.29) is 147 Å². The van der Waals surface area contributed by atoms with E-state index in [2.05, 4.69) is 0 Å². The van der Waals surface area contributed by atoms with Crippen molar-refractivity contribution in [1.29, 1.82) is 0 Å². The third kappa shape index (κ3) is 50.5. The van der Waals surface area contributed by atoms with Crippen LogP contribution in [-0.4, -0.2) is 0 Å². The van der Waals surface area contributed by atoms with Gasteiger partial charge in [0, 0.05) is 19.8 Å². The molecule has 0 saturated heterocycles. The zero-order valence-corrected chi connectivity index (χ0v) is 14.4. The minimum absolute atomic E-state index is 0. The first-order valence-electron chi connectivity index (χ1n) is 0. The van der Waals surface area contributed by atoms with Crippen LogP contribution >= 0.6 is 74.4 Å². The van der Waals surface area contributed by atoms with Gasteiger partial charge in [-0.25, -0.2) is 0 Å². The molecule has 0 unspecified atom stereocenters. The van der Waals surface area contributed by atoms with Crippen LogP contribution in [0.1, 0.15) is 1.43 Å². The molecule has 58 valence electrons. The van der Waals surface area contributed by atoms with E-state index < -0.39 is 0 Å².